The molecule has 1 saturated heterocycles. The van der Waals surface area contributed by atoms with E-state index in [1.807, 2.05) is 16.9 Å². The van der Waals surface area contributed by atoms with Crippen LogP contribution in [0.1, 0.15) is 12.8 Å². The van der Waals surface area contributed by atoms with Gasteiger partial charge in [-0.3, -0.25) is 9.58 Å². The molecule has 0 aliphatic carbocycles. The van der Waals surface area contributed by atoms with Crippen molar-refractivity contribution < 1.29 is 4.74 Å². The lowest BCUT2D eigenvalue weighted by Gasteiger charge is -2.33. The van der Waals surface area contributed by atoms with Crippen LogP contribution in [0.3, 0.4) is 0 Å². The molecule has 2 atom stereocenters. The van der Waals surface area contributed by atoms with E-state index in [9.17, 15) is 0 Å². The Labute approximate surface area is 119 Å². The summed E-state index contributed by atoms with van der Waals surface area (Å²) in [6.45, 7) is 3.79. The molecule has 0 bridgehead atoms. The van der Waals surface area contributed by atoms with Crippen molar-refractivity contribution in [3.05, 3.63) is 18.5 Å². The second-order valence-corrected chi connectivity index (χ2v) is 5.00. The maximum absolute atomic E-state index is 9.13. The summed E-state index contributed by atoms with van der Waals surface area (Å²) in [5.74, 6) is -0.0712. The average molecular weight is 273 g/mol. The highest BCUT2D eigenvalue weighted by atomic mass is 16.5. The molecule has 1 aliphatic heterocycles. The zero-order chi connectivity index (χ0) is 14.2. The van der Waals surface area contributed by atoms with Gasteiger partial charge in [0, 0.05) is 38.4 Å². The summed E-state index contributed by atoms with van der Waals surface area (Å²) in [6.07, 6.45) is 4.88. The number of morpholine rings is 1. The van der Waals surface area contributed by atoms with Gasteiger partial charge in [0.15, 0.2) is 0 Å². The first kappa shape index (κ1) is 14.5. The number of ether oxygens (including phenoxy) is 1. The normalized spacial score (nSPS) is 21.0. The van der Waals surface area contributed by atoms with Crippen LogP contribution >= 0.6 is 0 Å². The van der Waals surface area contributed by atoms with Crippen LogP contribution < -0.4 is 0 Å². The monoisotopic (exact) mass is 273 g/mol. The Morgan fingerprint density at radius 2 is 2.35 bits per heavy atom. The summed E-state index contributed by atoms with van der Waals surface area (Å²) < 4.78 is 7.61. The van der Waals surface area contributed by atoms with Crippen molar-refractivity contribution in [2.24, 2.45) is 5.92 Å². The molecular formula is C14H19N5O. The molecule has 0 aromatic carbocycles. The van der Waals surface area contributed by atoms with E-state index in [1.54, 1.807) is 6.20 Å². The molecule has 0 N–H and O–H groups in total. The van der Waals surface area contributed by atoms with Crippen molar-refractivity contribution in [3.63, 3.8) is 0 Å². The van der Waals surface area contributed by atoms with Crippen LogP contribution in [0.5, 0.6) is 0 Å². The molecular weight excluding hydrogens is 254 g/mol. The molecule has 1 aromatic heterocycles. The SMILES string of the molecule is N#CCC[C@H](C#N)CN1CCO[C@@H](Cn2cccn2)C1. The van der Waals surface area contributed by atoms with Gasteiger partial charge in [0.25, 0.3) is 0 Å². The molecule has 0 saturated carbocycles. The van der Waals surface area contributed by atoms with Crippen molar-refractivity contribution in [1.29, 1.82) is 10.5 Å². The number of hydrogen-bond acceptors (Lipinski definition) is 5. The molecule has 0 spiro atoms. The number of rotatable bonds is 6. The summed E-state index contributed by atoms with van der Waals surface area (Å²) >= 11 is 0. The Morgan fingerprint density at radius 1 is 1.45 bits per heavy atom. The summed E-state index contributed by atoms with van der Waals surface area (Å²) in [5, 5.41) is 21.9. The number of nitriles is 2. The largest absolute Gasteiger partial charge is 0.374 e. The molecule has 6 nitrogen and oxygen atoms in total. The molecule has 1 aliphatic rings. The average Bonchev–Trinajstić information content (AvgIpc) is 2.96. The first-order valence-electron chi connectivity index (χ1n) is 6.89. The van der Waals surface area contributed by atoms with Crippen LogP contribution in [0.25, 0.3) is 0 Å². The summed E-state index contributed by atoms with van der Waals surface area (Å²) in [5.41, 5.74) is 0. The van der Waals surface area contributed by atoms with Gasteiger partial charge < -0.3 is 4.74 Å². The molecule has 1 aromatic rings. The Bertz CT molecular complexity index is 473. The van der Waals surface area contributed by atoms with Crippen molar-refractivity contribution in [3.8, 4) is 12.1 Å². The molecule has 2 heterocycles. The van der Waals surface area contributed by atoms with E-state index in [2.05, 4.69) is 22.1 Å². The van der Waals surface area contributed by atoms with Crippen LogP contribution in [-0.4, -0.2) is 47.0 Å². The molecule has 0 amide bonds. The van der Waals surface area contributed by atoms with Crippen LogP contribution in [0.15, 0.2) is 18.5 Å². The van der Waals surface area contributed by atoms with Gasteiger partial charge >= 0.3 is 0 Å². The van der Waals surface area contributed by atoms with Gasteiger partial charge in [-0.05, 0) is 12.5 Å². The van der Waals surface area contributed by atoms with Crippen LogP contribution in [-0.2, 0) is 11.3 Å². The van der Waals surface area contributed by atoms with E-state index < -0.39 is 0 Å². The Morgan fingerprint density at radius 3 is 3.05 bits per heavy atom. The molecule has 20 heavy (non-hydrogen) atoms. The predicted molar refractivity (Wildman–Crippen MR) is 72.4 cm³/mol. The molecule has 6 heteroatoms. The maximum Gasteiger partial charge on any atom is 0.0898 e. The van der Waals surface area contributed by atoms with Gasteiger partial charge in [-0.1, -0.05) is 0 Å². The van der Waals surface area contributed by atoms with E-state index in [0.29, 0.717) is 19.4 Å². The third-order valence-electron chi connectivity index (χ3n) is 3.44. The van der Waals surface area contributed by atoms with Gasteiger partial charge in [-0.15, -0.1) is 0 Å². The highest BCUT2D eigenvalue weighted by Gasteiger charge is 2.23. The van der Waals surface area contributed by atoms with Gasteiger partial charge in [0.2, 0.25) is 0 Å². The fourth-order valence-electron chi connectivity index (χ4n) is 2.42. The van der Waals surface area contributed by atoms with E-state index in [4.69, 9.17) is 15.3 Å². The standard InChI is InChI=1S/C14H19N5O/c15-4-1-3-13(9-16)10-18-7-8-20-14(11-18)12-19-6-2-5-17-19/h2,5-6,13-14H,1,3,7-8,10-12H2/t13-,14-/m1/s1. The van der Waals surface area contributed by atoms with E-state index in [0.717, 1.165) is 26.2 Å². The highest BCUT2D eigenvalue weighted by molar-refractivity contribution is 4.89. The van der Waals surface area contributed by atoms with Crippen LogP contribution in [0, 0.1) is 28.6 Å². The molecule has 2 rings (SSSR count). The van der Waals surface area contributed by atoms with Crippen LogP contribution in [0.4, 0.5) is 0 Å². The van der Waals surface area contributed by atoms with Crippen molar-refractivity contribution in [1.82, 2.24) is 14.7 Å². The van der Waals surface area contributed by atoms with E-state index in [1.165, 1.54) is 0 Å². The molecule has 1 fully saturated rings. The smallest absolute Gasteiger partial charge is 0.0898 e. The minimum Gasteiger partial charge on any atom is -0.374 e. The van der Waals surface area contributed by atoms with E-state index >= 15 is 0 Å². The summed E-state index contributed by atoms with van der Waals surface area (Å²) in [4.78, 5) is 2.25. The third kappa shape index (κ3) is 4.34. The minimum absolute atomic E-state index is 0.0712. The molecule has 106 valence electrons. The Hall–Kier alpha value is -1.89. The zero-order valence-corrected chi connectivity index (χ0v) is 11.5. The van der Waals surface area contributed by atoms with Crippen molar-refractivity contribution >= 4 is 0 Å². The fourth-order valence-corrected chi connectivity index (χ4v) is 2.42. The fraction of sp³-hybridized carbons (Fsp3) is 0.643. The third-order valence-corrected chi connectivity index (χ3v) is 3.44. The predicted octanol–water partition coefficient (Wildman–Crippen LogP) is 1.03. The van der Waals surface area contributed by atoms with Gasteiger partial charge in [-0.25, -0.2) is 0 Å². The summed E-state index contributed by atoms with van der Waals surface area (Å²) in [7, 11) is 0. The second-order valence-electron chi connectivity index (χ2n) is 5.00. The molecule has 0 radical (unpaired) electrons. The Balaban J connectivity index is 1.81. The highest BCUT2D eigenvalue weighted by Crippen LogP contribution is 2.12. The number of nitrogens with zero attached hydrogens (tertiary/aromatic N) is 5. The number of aromatic nitrogens is 2. The second kappa shape index (κ2) is 7.64. The van der Waals surface area contributed by atoms with Gasteiger partial charge in [-0.2, -0.15) is 15.6 Å². The topological polar surface area (TPSA) is 77.9 Å². The quantitative estimate of drug-likeness (QED) is 0.773. The zero-order valence-electron chi connectivity index (χ0n) is 11.5. The first-order chi connectivity index (χ1) is 9.81. The van der Waals surface area contributed by atoms with E-state index in [-0.39, 0.29) is 12.0 Å². The van der Waals surface area contributed by atoms with Gasteiger partial charge in [0.05, 0.1) is 37.3 Å². The lowest BCUT2D eigenvalue weighted by molar-refractivity contribution is -0.0400. The maximum atomic E-state index is 9.13. The van der Waals surface area contributed by atoms with Crippen LogP contribution in [0.2, 0.25) is 0 Å². The number of hydrogen-bond donors (Lipinski definition) is 0. The lowest BCUT2D eigenvalue weighted by atomic mass is 10.0. The Kier molecular flexibility index (Phi) is 5.55. The first-order valence-corrected chi connectivity index (χ1v) is 6.89. The lowest BCUT2D eigenvalue weighted by Crippen LogP contribution is -2.45. The van der Waals surface area contributed by atoms with Gasteiger partial charge in [0.1, 0.15) is 0 Å². The summed E-state index contributed by atoms with van der Waals surface area (Å²) in [6, 6.07) is 6.29. The van der Waals surface area contributed by atoms with Crippen molar-refractivity contribution in [2.45, 2.75) is 25.5 Å². The minimum atomic E-state index is -0.0712. The van der Waals surface area contributed by atoms with Crippen molar-refractivity contribution in [2.75, 3.05) is 26.2 Å². The molecule has 0 unspecified atom stereocenters.